The quantitative estimate of drug-likeness (QED) is 0.839. The first-order chi connectivity index (χ1) is 8.11. The third-order valence-electron chi connectivity index (χ3n) is 2.29. The summed E-state index contributed by atoms with van der Waals surface area (Å²) in [4.78, 5) is 8.31. The predicted octanol–water partition coefficient (Wildman–Crippen LogP) is 2.77. The van der Waals surface area contributed by atoms with Crippen LogP contribution >= 0.6 is 15.9 Å². The van der Waals surface area contributed by atoms with Crippen molar-refractivity contribution >= 4 is 15.9 Å². The van der Waals surface area contributed by atoms with Crippen molar-refractivity contribution in [3.05, 3.63) is 10.3 Å². The van der Waals surface area contributed by atoms with Crippen molar-refractivity contribution in [2.24, 2.45) is 0 Å². The number of ether oxygens (including phenoxy) is 2. The molecule has 1 aromatic rings. The normalized spacial score (nSPS) is 15.1. The molecule has 1 aromatic heterocycles. The molecule has 94 valence electrons. The number of methoxy groups -OCH3 is 1. The van der Waals surface area contributed by atoms with Gasteiger partial charge in [-0.3, -0.25) is 0 Å². The number of hydrogen-bond donors (Lipinski definition) is 0. The van der Waals surface area contributed by atoms with Crippen LogP contribution in [0.4, 0.5) is 8.78 Å². The largest absolute Gasteiger partial charge is 0.480 e. The average molecular weight is 309 g/mol. The SMILES string of the molecule is COc1nc(C2CC2)nc(OCC(F)F)c1Br. The third kappa shape index (κ3) is 3.02. The molecule has 1 saturated carbocycles. The molecule has 17 heavy (non-hydrogen) atoms. The zero-order chi connectivity index (χ0) is 12.4. The standard InChI is InChI=1S/C10H11BrF2N2O2/c1-16-9-7(11)10(17-4-6(12)13)15-8(14-9)5-2-3-5/h5-6H,2-4H2,1H3. The van der Waals surface area contributed by atoms with Gasteiger partial charge in [-0.05, 0) is 28.8 Å². The summed E-state index contributed by atoms with van der Waals surface area (Å²) in [6, 6.07) is 0. The van der Waals surface area contributed by atoms with Crippen LogP contribution in [0, 0.1) is 0 Å². The molecule has 0 amide bonds. The Morgan fingerprint density at radius 3 is 2.53 bits per heavy atom. The lowest BCUT2D eigenvalue weighted by Crippen LogP contribution is -2.10. The Balaban J connectivity index is 2.24. The molecule has 0 bridgehead atoms. The van der Waals surface area contributed by atoms with Gasteiger partial charge in [-0.2, -0.15) is 9.97 Å². The Morgan fingerprint density at radius 1 is 1.35 bits per heavy atom. The van der Waals surface area contributed by atoms with Gasteiger partial charge >= 0.3 is 0 Å². The average Bonchev–Trinajstić information content (AvgIpc) is 3.11. The number of aromatic nitrogens is 2. The summed E-state index contributed by atoms with van der Waals surface area (Å²) in [6.45, 7) is -0.692. The number of alkyl halides is 2. The smallest absolute Gasteiger partial charge is 0.272 e. The van der Waals surface area contributed by atoms with E-state index in [1.165, 1.54) is 7.11 Å². The molecule has 0 aliphatic heterocycles. The van der Waals surface area contributed by atoms with Crippen molar-refractivity contribution in [2.45, 2.75) is 25.2 Å². The minimum atomic E-state index is -2.53. The van der Waals surface area contributed by atoms with E-state index in [0.29, 0.717) is 22.1 Å². The fourth-order valence-electron chi connectivity index (χ4n) is 1.32. The monoisotopic (exact) mass is 308 g/mol. The van der Waals surface area contributed by atoms with E-state index in [1.807, 2.05) is 0 Å². The first-order valence-electron chi connectivity index (χ1n) is 5.14. The van der Waals surface area contributed by atoms with Crippen molar-refractivity contribution in [3.8, 4) is 11.8 Å². The molecule has 1 heterocycles. The van der Waals surface area contributed by atoms with E-state index in [0.717, 1.165) is 12.8 Å². The summed E-state index contributed by atoms with van der Waals surface area (Å²) < 4.78 is 34.5. The van der Waals surface area contributed by atoms with Gasteiger partial charge in [-0.1, -0.05) is 0 Å². The summed E-state index contributed by atoms with van der Waals surface area (Å²) >= 11 is 3.18. The highest BCUT2D eigenvalue weighted by molar-refractivity contribution is 9.10. The molecule has 0 saturated heterocycles. The van der Waals surface area contributed by atoms with Crippen molar-refractivity contribution in [3.63, 3.8) is 0 Å². The lowest BCUT2D eigenvalue weighted by atomic mass is 10.4. The van der Waals surface area contributed by atoms with E-state index in [9.17, 15) is 8.78 Å². The van der Waals surface area contributed by atoms with Gasteiger partial charge in [-0.15, -0.1) is 0 Å². The summed E-state index contributed by atoms with van der Waals surface area (Å²) in [6.07, 6.45) is -0.509. The van der Waals surface area contributed by atoms with Crippen molar-refractivity contribution in [1.82, 2.24) is 9.97 Å². The van der Waals surface area contributed by atoms with Crippen molar-refractivity contribution in [1.29, 1.82) is 0 Å². The lowest BCUT2D eigenvalue weighted by Gasteiger charge is -2.10. The van der Waals surface area contributed by atoms with E-state index >= 15 is 0 Å². The van der Waals surface area contributed by atoms with Gasteiger partial charge in [0.1, 0.15) is 10.3 Å². The van der Waals surface area contributed by atoms with E-state index < -0.39 is 13.0 Å². The number of halogens is 3. The van der Waals surface area contributed by atoms with Crippen LogP contribution in [0.25, 0.3) is 0 Å². The number of hydrogen-bond acceptors (Lipinski definition) is 4. The molecule has 0 atom stereocenters. The zero-order valence-corrected chi connectivity index (χ0v) is 10.7. The predicted molar refractivity (Wildman–Crippen MR) is 59.8 cm³/mol. The van der Waals surface area contributed by atoms with E-state index in [2.05, 4.69) is 25.9 Å². The summed E-state index contributed by atoms with van der Waals surface area (Å²) in [5, 5.41) is 0. The van der Waals surface area contributed by atoms with Crippen LogP contribution < -0.4 is 9.47 Å². The van der Waals surface area contributed by atoms with E-state index in [4.69, 9.17) is 9.47 Å². The highest BCUT2D eigenvalue weighted by Gasteiger charge is 2.29. The Labute approximate surface area is 105 Å². The molecule has 7 heteroatoms. The first kappa shape index (κ1) is 12.5. The Morgan fingerprint density at radius 2 is 2.00 bits per heavy atom. The van der Waals surface area contributed by atoms with Gasteiger partial charge in [-0.25, -0.2) is 8.78 Å². The fourth-order valence-corrected chi connectivity index (χ4v) is 1.77. The van der Waals surface area contributed by atoms with E-state index in [-0.39, 0.29) is 5.88 Å². The molecular formula is C10H11BrF2N2O2. The number of rotatable bonds is 5. The van der Waals surface area contributed by atoms with Crippen LogP contribution in [0.2, 0.25) is 0 Å². The topological polar surface area (TPSA) is 44.2 Å². The Hall–Kier alpha value is -0.980. The molecule has 0 aromatic carbocycles. The molecule has 2 rings (SSSR count). The second kappa shape index (κ2) is 5.12. The van der Waals surface area contributed by atoms with Crippen LogP contribution in [0.1, 0.15) is 24.6 Å². The summed E-state index contributed by atoms with van der Waals surface area (Å²) in [7, 11) is 1.46. The summed E-state index contributed by atoms with van der Waals surface area (Å²) in [5.74, 6) is 1.31. The van der Waals surface area contributed by atoms with Crippen LogP contribution in [0.5, 0.6) is 11.8 Å². The van der Waals surface area contributed by atoms with Gasteiger partial charge in [0.2, 0.25) is 11.8 Å². The Bertz CT molecular complexity index is 414. The van der Waals surface area contributed by atoms with Crippen LogP contribution in [-0.2, 0) is 0 Å². The molecule has 0 spiro atoms. The van der Waals surface area contributed by atoms with Crippen molar-refractivity contribution < 1.29 is 18.3 Å². The minimum absolute atomic E-state index is 0.110. The maximum absolute atomic E-state index is 12.1. The lowest BCUT2D eigenvalue weighted by molar-refractivity contribution is 0.0787. The minimum Gasteiger partial charge on any atom is -0.480 e. The zero-order valence-electron chi connectivity index (χ0n) is 9.12. The third-order valence-corrected chi connectivity index (χ3v) is 2.97. The van der Waals surface area contributed by atoms with Gasteiger partial charge in [0.15, 0.2) is 6.61 Å². The second-order valence-corrected chi connectivity index (χ2v) is 4.48. The maximum atomic E-state index is 12.1. The molecule has 0 N–H and O–H groups in total. The van der Waals surface area contributed by atoms with Crippen LogP contribution in [0.15, 0.2) is 4.47 Å². The fraction of sp³-hybridized carbons (Fsp3) is 0.600. The molecule has 1 aliphatic carbocycles. The van der Waals surface area contributed by atoms with Gasteiger partial charge in [0.05, 0.1) is 7.11 Å². The molecule has 4 nitrogen and oxygen atoms in total. The summed E-state index contributed by atoms with van der Waals surface area (Å²) in [5.41, 5.74) is 0. The van der Waals surface area contributed by atoms with Crippen LogP contribution in [0.3, 0.4) is 0 Å². The van der Waals surface area contributed by atoms with Crippen molar-refractivity contribution in [2.75, 3.05) is 13.7 Å². The molecule has 1 aliphatic rings. The molecule has 0 unspecified atom stereocenters. The highest BCUT2D eigenvalue weighted by atomic mass is 79.9. The Kier molecular flexibility index (Phi) is 3.76. The van der Waals surface area contributed by atoms with E-state index in [1.54, 1.807) is 0 Å². The maximum Gasteiger partial charge on any atom is 0.272 e. The van der Waals surface area contributed by atoms with Gasteiger partial charge in [0, 0.05) is 5.92 Å². The molecule has 0 radical (unpaired) electrons. The van der Waals surface area contributed by atoms with Gasteiger partial charge < -0.3 is 9.47 Å². The molecular weight excluding hydrogens is 298 g/mol. The second-order valence-electron chi connectivity index (χ2n) is 3.69. The number of nitrogens with zero attached hydrogens (tertiary/aromatic N) is 2. The highest BCUT2D eigenvalue weighted by Crippen LogP contribution is 2.41. The van der Waals surface area contributed by atoms with Crippen LogP contribution in [-0.4, -0.2) is 30.1 Å². The molecule has 1 fully saturated rings. The first-order valence-corrected chi connectivity index (χ1v) is 5.93. The van der Waals surface area contributed by atoms with Gasteiger partial charge in [0.25, 0.3) is 6.43 Å².